The summed E-state index contributed by atoms with van der Waals surface area (Å²) >= 11 is 0. The van der Waals surface area contributed by atoms with Crippen LogP contribution in [0.5, 0.6) is 0 Å². The topological polar surface area (TPSA) is 47.6 Å². The highest BCUT2D eigenvalue weighted by Crippen LogP contribution is 2.28. The molecule has 12 heavy (non-hydrogen) atoms. The number of amidine groups is 1. The van der Waals surface area contributed by atoms with Crippen LogP contribution in [0.4, 0.5) is 0 Å². The van der Waals surface area contributed by atoms with Crippen LogP contribution in [0.3, 0.4) is 0 Å². The minimum Gasteiger partial charge on any atom is -0.387 e. The van der Waals surface area contributed by atoms with Crippen molar-refractivity contribution < 1.29 is 4.74 Å². The minimum atomic E-state index is 0.339. The Hall–Kier alpha value is -0.570. The molecule has 3 unspecified atom stereocenters. The zero-order chi connectivity index (χ0) is 8.55. The molecular weight excluding hydrogens is 152 g/mol. The average Bonchev–Trinajstić information content (AvgIpc) is 2.04. The normalized spacial score (nSPS) is 41.8. The number of ether oxygens (including phenoxy) is 1. The Labute approximate surface area is 73.0 Å². The first-order valence-electron chi connectivity index (χ1n) is 4.71. The van der Waals surface area contributed by atoms with E-state index in [4.69, 9.17) is 10.5 Å². The fourth-order valence-corrected chi connectivity index (χ4v) is 2.18. The Morgan fingerprint density at radius 3 is 3.25 bits per heavy atom. The molecule has 0 aromatic carbocycles. The van der Waals surface area contributed by atoms with Gasteiger partial charge in [0.15, 0.2) is 0 Å². The highest BCUT2D eigenvalue weighted by molar-refractivity contribution is 5.81. The molecule has 0 bridgehead atoms. The maximum absolute atomic E-state index is 5.73. The molecule has 1 saturated heterocycles. The predicted octanol–water partition coefficient (Wildman–Crippen LogP) is 0.931. The van der Waals surface area contributed by atoms with Gasteiger partial charge in [-0.15, -0.1) is 0 Å². The maximum Gasteiger partial charge on any atom is 0.0945 e. The van der Waals surface area contributed by atoms with Crippen LogP contribution < -0.4 is 5.73 Å². The molecule has 2 aliphatic rings. The lowest BCUT2D eigenvalue weighted by molar-refractivity contribution is -0.0315. The summed E-state index contributed by atoms with van der Waals surface area (Å²) in [7, 11) is 0. The summed E-state index contributed by atoms with van der Waals surface area (Å²) < 4.78 is 5.68. The van der Waals surface area contributed by atoms with Gasteiger partial charge in [-0.3, -0.25) is 4.99 Å². The van der Waals surface area contributed by atoms with Gasteiger partial charge in [0.25, 0.3) is 0 Å². The second-order valence-electron chi connectivity index (χ2n) is 3.85. The van der Waals surface area contributed by atoms with Crippen molar-refractivity contribution in [3.8, 4) is 0 Å². The van der Waals surface area contributed by atoms with Crippen molar-refractivity contribution in [1.82, 2.24) is 0 Å². The van der Waals surface area contributed by atoms with Gasteiger partial charge in [-0.1, -0.05) is 6.92 Å². The molecule has 1 fully saturated rings. The first-order valence-corrected chi connectivity index (χ1v) is 4.71. The van der Waals surface area contributed by atoms with Crippen molar-refractivity contribution in [3.63, 3.8) is 0 Å². The van der Waals surface area contributed by atoms with Crippen LogP contribution in [0.2, 0.25) is 0 Å². The monoisotopic (exact) mass is 168 g/mol. The van der Waals surface area contributed by atoms with Crippen LogP contribution in [0.15, 0.2) is 4.99 Å². The minimum absolute atomic E-state index is 0.339. The van der Waals surface area contributed by atoms with Gasteiger partial charge in [-0.05, 0) is 18.8 Å². The average molecular weight is 168 g/mol. The molecular formula is C9H16N2O. The van der Waals surface area contributed by atoms with E-state index >= 15 is 0 Å². The molecule has 0 aromatic rings. The quantitative estimate of drug-likeness (QED) is 0.585. The van der Waals surface area contributed by atoms with Crippen molar-refractivity contribution in [1.29, 1.82) is 0 Å². The summed E-state index contributed by atoms with van der Waals surface area (Å²) in [6.07, 6.45) is 3.52. The highest BCUT2D eigenvalue weighted by atomic mass is 16.5. The summed E-state index contributed by atoms with van der Waals surface area (Å²) in [5.41, 5.74) is 5.73. The lowest BCUT2D eigenvalue weighted by atomic mass is 9.88. The number of hydrogen-bond acceptors (Lipinski definition) is 3. The van der Waals surface area contributed by atoms with Crippen LogP contribution in [0.1, 0.15) is 26.2 Å². The van der Waals surface area contributed by atoms with Crippen LogP contribution in [0.25, 0.3) is 0 Å². The third-order valence-electron chi connectivity index (χ3n) is 2.76. The molecule has 0 aromatic heterocycles. The molecule has 3 nitrogen and oxygen atoms in total. The smallest absolute Gasteiger partial charge is 0.0945 e. The predicted molar refractivity (Wildman–Crippen MR) is 48.2 cm³/mol. The lowest BCUT2D eigenvalue weighted by Gasteiger charge is -2.36. The number of aliphatic imine (C=N–C) groups is 1. The van der Waals surface area contributed by atoms with Crippen molar-refractivity contribution in [2.45, 2.75) is 38.3 Å². The molecule has 3 atom stereocenters. The highest BCUT2D eigenvalue weighted by Gasteiger charge is 2.33. The number of nitrogens with two attached hydrogens (primary N) is 1. The third-order valence-corrected chi connectivity index (χ3v) is 2.76. The van der Waals surface area contributed by atoms with E-state index in [-0.39, 0.29) is 0 Å². The van der Waals surface area contributed by atoms with E-state index in [0.29, 0.717) is 18.1 Å². The van der Waals surface area contributed by atoms with Crippen LogP contribution >= 0.6 is 0 Å². The fraction of sp³-hybridized carbons (Fsp3) is 0.889. The Kier molecular flexibility index (Phi) is 2.05. The van der Waals surface area contributed by atoms with E-state index in [1.54, 1.807) is 0 Å². The second-order valence-corrected chi connectivity index (χ2v) is 3.85. The standard InChI is InChI=1S/C9H16N2O/c1-6-5-8(10)11-7-3-2-4-12-9(6)7/h6-7,9H,2-5H2,1H3,(H2,10,11). The number of fused-ring (bicyclic) bond motifs is 1. The molecule has 68 valence electrons. The van der Waals surface area contributed by atoms with Crippen LogP contribution in [-0.4, -0.2) is 24.6 Å². The van der Waals surface area contributed by atoms with Gasteiger partial charge in [0.05, 0.1) is 18.0 Å². The molecule has 2 N–H and O–H groups in total. The SMILES string of the molecule is CC1CC(N)=NC2CCCOC12. The molecule has 2 rings (SSSR count). The Morgan fingerprint density at radius 2 is 2.42 bits per heavy atom. The molecule has 2 heterocycles. The Bertz CT molecular complexity index is 203. The second kappa shape index (κ2) is 3.05. The number of hydrogen-bond donors (Lipinski definition) is 1. The van der Waals surface area contributed by atoms with Crippen LogP contribution in [0, 0.1) is 5.92 Å². The van der Waals surface area contributed by atoms with Gasteiger partial charge < -0.3 is 10.5 Å². The van der Waals surface area contributed by atoms with E-state index in [2.05, 4.69) is 11.9 Å². The molecule has 0 aliphatic carbocycles. The molecule has 0 radical (unpaired) electrons. The van der Waals surface area contributed by atoms with Crippen molar-refractivity contribution in [2.24, 2.45) is 16.6 Å². The molecule has 2 aliphatic heterocycles. The van der Waals surface area contributed by atoms with E-state index in [1.807, 2.05) is 0 Å². The largest absolute Gasteiger partial charge is 0.387 e. The number of rotatable bonds is 0. The lowest BCUT2D eigenvalue weighted by Crippen LogP contribution is -2.44. The van der Waals surface area contributed by atoms with Gasteiger partial charge in [-0.25, -0.2) is 0 Å². The maximum atomic E-state index is 5.73. The van der Waals surface area contributed by atoms with Gasteiger partial charge >= 0.3 is 0 Å². The zero-order valence-electron chi connectivity index (χ0n) is 7.49. The Balaban J connectivity index is 2.14. The van der Waals surface area contributed by atoms with Crippen molar-refractivity contribution in [2.75, 3.05) is 6.61 Å². The van der Waals surface area contributed by atoms with Crippen LogP contribution in [-0.2, 0) is 4.74 Å². The number of nitrogens with zero attached hydrogens (tertiary/aromatic N) is 1. The molecule has 3 heteroatoms. The van der Waals surface area contributed by atoms with Crippen molar-refractivity contribution in [3.05, 3.63) is 0 Å². The first kappa shape index (κ1) is 8.05. The van der Waals surface area contributed by atoms with Gasteiger partial charge in [0.2, 0.25) is 0 Å². The third kappa shape index (κ3) is 1.33. The van der Waals surface area contributed by atoms with E-state index in [1.165, 1.54) is 0 Å². The fourth-order valence-electron chi connectivity index (χ4n) is 2.18. The molecule has 0 spiro atoms. The van der Waals surface area contributed by atoms with Gasteiger partial charge in [0.1, 0.15) is 0 Å². The summed E-state index contributed by atoms with van der Waals surface area (Å²) in [5, 5.41) is 0. The van der Waals surface area contributed by atoms with E-state index < -0.39 is 0 Å². The zero-order valence-corrected chi connectivity index (χ0v) is 7.49. The van der Waals surface area contributed by atoms with Gasteiger partial charge in [-0.2, -0.15) is 0 Å². The summed E-state index contributed by atoms with van der Waals surface area (Å²) in [6, 6.07) is 0.350. The van der Waals surface area contributed by atoms with Crippen molar-refractivity contribution >= 4 is 5.84 Å². The first-order chi connectivity index (χ1) is 5.77. The summed E-state index contributed by atoms with van der Waals surface area (Å²) in [5.74, 6) is 1.36. The summed E-state index contributed by atoms with van der Waals surface area (Å²) in [6.45, 7) is 3.10. The molecule has 0 saturated carbocycles. The molecule has 0 amide bonds. The summed E-state index contributed by atoms with van der Waals surface area (Å²) in [4.78, 5) is 4.42. The Morgan fingerprint density at radius 1 is 1.58 bits per heavy atom. The van der Waals surface area contributed by atoms with E-state index in [9.17, 15) is 0 Å². The van der Waals surface area contributed by atoms with E-state index in [0.717, 1.165) is 31.7 Å². The van der Waals surface area contributed by atoms with Gasteiger partial charge in [0, 0.05) is 13.0 Å².